The molecule has 5 nitrogen and oxygen atoms in total. The summed E-state index contributed by atoms with van der Waals surface area (Å²) < 4.78 is 22.5. The highest BCUT2D eigenvalue weighted by molar-refractivity contribution is 7.91. The molecule has 2 heterocycles. The molecule has 0 spiro atoms. The molecule has 0 radical (unpaired) electrons. The number of aromatic nitrogens is 1. The summed E-state index contributed by atoms with van der Waals surface area (Å²) in [5, 5.41) is 8.80. The lowest BCUT2D eigenvalue weighted by atomic mass is 10.0. The molecule has 0 amide bonds. The molecule has 1 saturated heterocycles. The molecule has 0 unspecified atom stereocenters. The van der Waals surface area contributed by atoms with Crippen LogP contribution in [0.5, 0.6) is 0 Å². The van der Waals surface area contributed by atoms with Gasteiger partial charge >= 0.3 is 5.97 Å². The van der Waals surface area contributed by atoms with Crippen molar-refractivity contribution in [2.45, 2.75) is 18.8 Å². The van der Waals surface area contributed by atoms with E-state index >= 15 is 0 Å². The summed E-state index contributed by atoms with van der Waals surface area (Å²) in [5.74, 6) is -0.496. The van der Waals surface area contributed by atoms with Crippen LogP contribution >= 0.6 is 11.3 Å². The molecule has 7 heteroatoms. The third kappa shape index (κ3) is 2.41. The van der Waals surface area contributed by atoms with E-state index in [2.05, 4.69) is 4.98 Å². The van der Waals surface area contributed by atoms with Crippen molar-refractivity contribution in [3.05, 3.63) is 16.1 Å². The van der Waals surface area contributed by atoms with E-state index in [1.54, 1.807) is 6.20 Å². The predicted molar refractivity (Wildman–Crippen MR) is 59.7 cm³/mol. The number of hydrogen-bond donors (Lipinski definition) is 1. The van der Waals surface area contributed by atoms with Crippen molar-refractivity contribution in [3.63, 3.8) is 0 Å². The first-order chi connectivity index (χ1) is 7.48. The maximum absolute atomic E-state index is 11.2. The minimum Gasteiger partial charge on any atom is -0.476 e. The van der Waals surface area contributed by atoms with E-state index in [1.807, 2.05) is 0 Å². The lowest BCUT2D eigenvalue weighted by molar-refractivity contribution is 0.0696. The van der Waals surface area contributed by atoms with E-state index in [0.717, 1.165) is 16.2 Å². The van der Waals surface area contributed by atoms with E-state index in [0.29, 0.717) is 12.8 Å². The molecule has 1 fully saturated rings. The highest BCUT2D eigenvalue weighted by atomic mass is 32.2. The van der Waals surface area contributed by atoms with Gasteiger partial charge in [0.05, 0.1) is 11.5 Å². The second-order valence-corrected chi connectivity index (χ2v) is 7.16. The second kappa shape index (κ2) is 4.14. The summed E-state index contributed by atoms with van der Waals surface area (Å²) in [6.45, 7) is 0. The highest BCUT2D eigenvalue weighted by Gasteiger charge is 2.26. The van der Waals surface area contributed by atoms with Gasteiger partial charge in [-0.05, 0) is 18.8 Å². The Morgan fingerprint density at radius 1 is 1.44 bits per heavy atom. The predicted octanol–water partition coefficient (Wildman–Crippen LogP) is 1.13. The average Bonchev–Trinajstić information content (AvgIpc) is 2.66. The Balaban J connectivity index is 2.11. The molecular formula is C9H11NO4S2. The van der Waals surface area contributed by atoms with Crippen LogP contribution in [0.25, 0.3) is 0 Å². The van der Waals surface area contributed by atoms with Gasteiger partial charge < -0.3 is 5.11 Å². The second-order valence-electron chi connectivity index (χ2n) is 3.80. The molecule has 0 atom stereocenters. The number of aromatic carboxylic acids is 1. The van der Waals surface area contributed by atoms with Crippen molar-refractivity contribution in [1.82, 2.24) is 4.98 Å². The van der Waals surface area contributed by atoms with Crippen LogP contribution in [0, 0.1) is 0 Å². The number of rotatable bonds is 2. The summed E-state index contributed by atoms with van der Waals surface area (Å²) in [5.41, 5.74) is 0. The Morgan fingerprint density at radius 3 is 2.56 bits per heavy atom. The van der Waals surface area contributed by atoms with Crippen LogP contribution in [-0.4, -0.2) is 36.0 Å². The van der Waals surface area contributed by atoms with E-state index < -0.39 is 15.8 Å². The van der Waals surface area contributed by atoms with Gasteiger partial charge in [-0.2, -0.15) is 0 Å². The molecule has 0 bridgehead atoms. The molecule has 0 saturated carbocycles. The molecular weight excluding hydrogens is 250 g/mol. The fourth-order valence-electron chi connectivity index (χ4n) is 1.75. The fourth-order valence-corrected chi connectivity index (χ4v) is 4.16. The number of nitrogens with zero attached hydrogens (tertiary/aromatic N) is 1. The number of sulfone groups is 1. The van der Waals surface area contributed by atoms with Gasteiger partial charge in [-0.15, -0.1) is 11.3 Å². The fraction of sp³-hybridized carbons (Fsp3) is 0.556. The van der Waals surface area contributed by atoms with E-state index in [1.165, 1.54) is 0 Å². The summed E-state index contributed by atoms with van der Waals surface area (Å²) in [7, 11) is -2.87. The first-order valence-corrected chi connectivity index (χ1v) is 7.51. The van der Waals surface area contributed by atoms with Crippen molar-refractivity contribution < 1.29 is 18.3 Å². The van der Waals surface area contributed by atoms with Gasteiger partial charge in [-0.1, -0.05) is 0 Å². The smallest absolute Gasteiger partial charge is 0.365 e. The summed E-state index contributed by atoms with van der Waals surface area (Å²) >= 11 is 1.14. The minimum absolute atomic E-state index is 0.0726. The zero-order chi connectivity index (χ0) is 11.8. The van der Waals surface area contributed by atoms with Crippen molar-refractivity contribution >= 4 is 27.1 Å². The van der Waals surface area contributed by atoms with Crippen molar-refractivity contribution in [1.29, 1.82) is 0 Å². The summed E-state index contributed by atoms with van der Waals surface area (Å²) in [6, 6.07) is 0. The molecule has 2 rings (SSSR count). The average molecular weight is 261 g/mol. The van der Waals surface area contributed by atoms with Crippen molar-refractivity contribution in [3.8, 4) is 0 Å². The molecule has 1 aliphatic heterocycles. The van der Waals surface area contributed by atoms with Gasteiger partial charge in [0.1, 0.15) is 9.84 Å². The highest BCUT2D eigenvalue weighted by Crippen LogP contribution is 2.32. The van der Waals surface area contributed by atoms with Crippen LogP contribution in [0.15, 0.2) is 6.20 Å². The Hall–Kier alpha value is -0.950. The van der Waals surface area contributed by atoms with Crippen LogP contribution in [-0.2, 0) is 9.84 Å². The topological polar surface area (TPSA) is 84.3 Å². The van der Waals surface area contributed by atoms with Gasteiger partial charge in [-0.3, -0.25) is 0 Å². The number of carboxylic acid groups (broad SMARTS) is 1. The Bertz CT molecular complexity index is 491. The van der Waals surface area contributed by atoms with Crippen molar-refractivity contribution in [2.24, 2.45) is 0 Å². The van der Waals surface area contributed by atoms with Gasteiger partial charge in [-0.25, -0.2) is 18.2 Å². The van der Waals surface area contributed by atoms with Crippen molar-refractivity contribution in [2.75, 3.05) is 11.5 Å². The number of carbonyl (C=O) groups is 1. The number of thiazole rings is 1. The molecule has 16 heavy (non-hydrogen) atoms. The van der Waals surface area contributed by atoms with Crippen LogP contribution in [0.2, 0.25) is 0 Å². The van der Waals surface area contributed by atoms with Gasteiger partial charge in [0, 0.05) is 11.1 Å². The van der Waals surface area contributed by atoms with Crippen LogP contribution in [0.4, 0.5) is 0 Å². The first-order valence-electron chi connectivity index (χ1n) is 4.87. The molecule has 0 aromatic carbocycles. The third-order valence-corrected chi connectivity index (χ3v) is 5.53. The van der Waals surface area contributed by atoms with E-state index in [-0.39, 0.29) is 22.4 Å². The third-order valence-electron chi connectivity index (χ3n) is 2.66. The SMILES string of the molecule is O=C(O)c1ncc(C2CCS(=O)(=O)CC2)s1. The van der Waals surface area contributed by atoms with E-state index in [4.69, 9.17) is 5.11 Å². The van der Waals surface area contributed by atoms with E-state index in [9.17, 15) is 13.2 Å². The van der Waals surface area contributed by atoms with Crippen LogP contribution < -0.4 is 0 Å². The van der Waals surface area contributed by atoms with Gasteiger partial charge in [0.15, 0.2) is 0 Å². The maximum atomic E-state index is 11.2. The molecule has 0 aliphatic carbocycles. The molecule has 1 aliphatic rings. The Kier molecular flexibility index (Phi) is 2.98. The Labute approximate surface area is 97.1 Å². The van der Waals surface area contributed by atoms with Crippen LogP contribution in [0.1, 0.15) is 33.4 Å². The maximum Gasteiger partial charge on any atom is 0.365 e. The normalized spacial score (nSPS) is 20.8. The lowest BCUT2D eigenvalue weighted by Crippen LogP contribution is -2.21. The molecule has 1 aromatic rings. The van der Waals surface area contributed by atoms with Gasteiger partial charge in [0.2, 0.25) is 5.01 Å². The lowest BCUT2D eigenvalue weighted by Gasteiger charge is -2.19. The minimum atomic E-state index is -2.87. The largest absolute Gasteiger partial charge is 0.476 e. The van der Waals surface area contributed by atoms with Crippen LogP contribution in [0.3, 0.4) is 0 Å². The first kappa shape index (κ1) is 11.5. The summed E-state index contributed by atoms with van der Waals surface area (Å²) in [6.07, 6.45) is 2.70. The van der Waals surface area contributed by atoms with Gasteiger partial charge in [0.25, 0.3) is 0 Å². The molecule has 1 N–H and O–H groups in total. The Morgan fingerprint density at radius 2 is 2.06 bits per heavy atom. The monoisotopic (exact) mass is 261 g/mol. The number of hydrogen-bond acceptors (Lipinski definition) is 5. The zero-order valence-corrected chi connectivity index (χ0v) is 10.1. The zero-order valence-electron chi connectivity index (χ0n) is 8.42. The quantitative estimate of drug-likeness (QED) is 0.862. The molecule has 1 aromatic heterocycles. The number of carboxylic acids is 1. The summed E-state index contributed by atoms with van der Waals surface area (Å²) in [4.78, 5) is 15.3. The molecule has 88 valence electrons. The standard InChI is InChI=1S/C9H11NO4S2/c11-9(12)8-10-5-7(15-8)6-1-3-16(13,14)4-2-6/h5-6H,1-4H2,(H,11,12).